The predicted octanol–water partition coefficient (Wildman–Crippen LogP) is 5.03. The lowest BCUT2D eigenvalue weighted by Crippen LogP contribution is -2.24. The number of rotatable bonds is 5. The minimum atomic E-state index is 0.0719. The summed E-state index contributed by atoms with van der Waals surface area (Å²) >= 11 is 3.48. The number of carbonyl (C=O) groups excluding carboxylic acids is 1. The highest BCUT2D eigenvalue weighted by Gasteiger charge is 2.34. The van der Waals surface area contributed by atoms with E-state index in [4.69, 9.17) is 4.98 Å². The number of carbonyl (C=O) groups is 1. The average Bonchev–Trinajstić information content (AvgIpc) is 3.22. The molecule has 1 aliphatic heterocycles. The monoisotopic (exact) mass is 423 g/mol. The van der Waals surface area contributed by atoms with Crippen molar-refractivity contribution in [2.24, 2.45) is 0 Å². The first-order valence-corrected chi connectivity index (χ1v) is 10.0. The molecule has 27 heavy (non-hydrogen) atoms. The molecule has 0 spiro atoms. The fourth-order valence-corrected chi connectivity index (χ4v) is 4.04. The minimum Gasteiger partial charge on any atom is -0.323 e. The first-order valence-electron chi connectivity index (χ1n) is 9.24. The lowest BCUT2D eigenvalue weighted by molar-refractivity contribution is -0.117. The van der Waals surface area contributed by atoms with Crippen LogP contribution < -0.4 is 4.90 Å². The van der Waals surface area contributed by atoms with Crippen molar-refractivity contribution in [3.8, 4) is 0 Å². The van der Waals surface area contributed by atoms with Crippen LogP contribution in [0.15, 0.2) is 59.6 Å². The maximum atomic E-state index is 12.7. The Bertz CT molecular complexity index is 1010. The largest absolute Gasteiger partial charge is 0.323 e. The summed E-state index contributed by atoms with van der Waals surface area (Å²) in [5.41, 5.74) is 4.28. The number of allylic oxidation sites excluding steroid dienone is 1. The molecule has 0 unspecified atom stereocenters. The Labute approximate surface area is 167 Å². The Balaban J connectivity index is 1.68. The number of nitrogens with zero attached hydrogens (tertiary/aromatic N) is 3. The summed E-state index contributed by atoms with van der Waals surface area (Å²) in [6, 6.07) is 16.4. The summed E-state index contributed by atoms with van der Waals surface area (Å²) < 4.78 is 3.07. The Kier molecular flexibility index (Phi) is 4.87. The standard InChI is InChI=1S/C22H22BrN3O/c1-3-16-8-10-18(11-9-16)25-14-17(12-21(25)27)22-24-19-6-4-5-7-20(19)26(22)13-15(2)23/h4-11,17H,2-3,12-14H2,1H3/t17-/m1/s1. The zero-order chi connectivity index (χ0) is 19.0. The van der Waals surface area contributed by atoms with Crippen LogP contribution >= 0.6 is 15.9 Å². The Morgan fingerprint density at radius 2 is 1.96 bits per heavy atom. The Morgan fingerprint density at radius 1 is 1.22 bits per heavy atom. The zero-order valence-electron chi connectivity index (χ0n) is 15.4. The molecular formula is C22H22BrN3O. The molecule has 4 nitrogen and oxygen atoms in total. The molecule has 1 fully saturated rings. The topological polar surface area (TPSA) is 38.1 Å². The van der Waals surface area contributed by atoms with Gasteiger partial charge in [-0.2, -0.15) is 0 Å². The number of benzene rings is 2. The fourth-order valence-electron chi connectivity index (χ4n) is 3.79. The maximum Gasteiger partial charge on any atom is 0.227 e. The molecule has 0 N–H and O–H groups in total. The van der Waals surface area contributed by atoms with Gasteiger partial charge in [-0.3, -0.25) is 4.79 Å². The van der Waals surface area contributed by atoms with Crippen LogP contribution in [0.2, 0.25) is 0 Å². The number of hydrogen-bond donors (Lipinski definition) is 0. The highest BCUT2D eigenvalue weighted by atomic mass is 79.9. The first kappa shape index (κ1) is 18.0. The predicted molar refractivity (Wildman–Crippen MR) is 113 cm³/mol. The number of aryl methyl sites for hydroxylation is 1. The number of imidazole rings is 1. The molecule has 1 amide bonds. The number of halogens is 1. The van der Waals surface area contributed by atoms with Gasteiger partial charge in [-0.15, -0.1) is 0 Å². The molecule has 0 saturated carbocycles. The number of amides is 1. The van der Waals surface area contributed by atoms with Crippen LogP contribution in [0, 0.1) is 0 Å². The van der Waals surface area contributed by atoms with Gasteiger partial charge in [0.1, 0.15) is 5.82 Å². The van der Waals surface area contributed by atoms with E-state index < -0.39 is 0 Å². The van der Waals surface area contributed by atoms with Crippen molar-refractivity contribution < 1.29 is 4.79 Å². The second-order valence-electron chi connectivity index (χ2n) is 6.99. The number of aromatic nitrogens is 2. The van der Waals surface area contributed by atoms with Crippen molar-refractivity contribution in [2.75, 3.05) is 11.4 Å². The first-order chi connectivity index (χ1) is 13.1. The molecule has 1 aromatic heterocycles. The summed E-state index contributed by atoms with van der Waals surface area (Å²) in [5, 5.41) is 0. The van der Waals surface area contributed by atoms with Crippen molar-refractivity contribution in [3.05, 3.63) is 71.0 Å². The lowest BCUT2D eigenvalue weighted by atomic mass is 10.1. The third-order valence-corrected chi connectivity index (χ3v) is 5.41. The van der Waals surface area contributed by atoms with E-state index in [1.54, 1.807) is 0 Å². The van der Waals surface area contributed by atoms with Crippen LogP contribution in [0.1, 0.15) is 30.7 Å². The lowest BCUT2D eigenvalue weighted by Gasteiger charge is -2.18. The molecule has 0 bridgehead atoms. The second kappa shape index (κ2) is 7.31. The van der Waals surface area contributed by atoms with Crippen molar-refractivity contribution in [3.63, 3.8) is 0 Å². The molecule has 2 heterocycles. The van der Waals surface area contributed by atoms with Crippen LogP contribution in [0.3, 0.4) is 0 Å². The van der Waals surface area contributed by atoms with Crippen molar-refractivity contribution in [1.82, 2.24) is 9.55 Å². The SMILES string of the molecule is C=C(Br)Cn1c([C@@H]2CC(=O)N(c3ccc(CC)cc3)C2)nc2ccccc21. The van der Waals surface area contributed by atoms with Gasteiger partial charge in [-0.25, -0.2) is 4.98 Å². The van der Waals surface area contributed by atoms with Gasteiger partial charge in [-0.1, -0.05) is 53.7 Å². The summed E-state index contributed by atoms with van der Waals surface area (Å²) in [7, 11) is 0. The normalized spacial score (nSPS) is 17.0. The van der Waals surface area contributed by atoms with Crippen LogP contribution in [-0.2, 0) is 17.8 Å². The third-order valence-electron chi connectivity index (χ3n) is 5.16. The third kappa shape index (κ3) is 3.44. The molecule has 0 aliphatic carbocycles. The van der Waals surface area contributed by atoms with Crippen LogP contribution in [0.5, 0.6) is 0 Å². The quantitative estimate of drug-likeness (QED) is 0.577. The van der Waals surface area contributed by atoms with Crippen LogP contribution in [0.25, 0.3) is 11.0 Å². The van der Waals surface area contributed by atoms with Gasteiger partial charge in [0.2, 0.25) is 5.91 Å². The number of anilines is 1. The van der Waals surface area contributed by atoms with E-state index in [0.717, 1.165) is 33.4 Å². The van der Waals surface area contributed by atoms with Gasteiger partial charge in [0.15, 0.2) is 0 Å². The molecule has 4 rings (SSSR count). The smallest absolute Gasteiger partial charge is 0.227 e. The molecule has 138 valence electrons. The van der Waals surface area contributed by atoms with E-state index in [0.29, 0.717) is 19.5 Å². The van der Waals surface area contributed by atoms with E-state index in [1.165, 1.54) is 5.56 Å². The van der Waals surface area contributed by atoms with Gasteiger partial charge in [-0.05, 0) is 36.2 Å². The van der Waals surface area contributed by atoms with Crippen molar-refractivity contribution in [1.29, 1.82) is 0 Å². The van der Waals surface area contributed by atoms with Gasteiger partial charge < -0.3 is 9.47 Å². The highest BCUT2D eigenvalue weighted by Crippen LogP contribution is 2.33. The van der Waals surface area contributed by atoms with E-state index >= 15 is 0 Å². The molecule has 2 aromatic carbocycles. The summed E-state index contributed by atoms with van der Waals surface area (Å²) in [6.45, 7) is 7.42. The van der Waals surface area contributed by atoms with Crippen molar-refractivity contribution in [2.45, 2.75) is 32.2 Å². The molecule has 5 heteroatoms. The Morgan fingerprint density at radius 3 is 2.67 bits per heavy atom. The average molecular weight is 424 g/mol. The number of hydrogen-bond acceptors (Lipinski definition) is 2. The molecule has 1 aliphatic rings. The second-order valence-corrected chi connectivity index (χ2v) is 8.11. The summed E-state index contributed by atoms with van der Waals surface area (Å²) in [4.78, 5) is 19.5. The van der Waals surface area contributed by atoms with E-state index in [2.05, 4.69) is 52.2 Å². The van der Waals surface area contributed by atoms with Crippen LogP contribution in [-0.4, -0.2) is 22.0 Å². The van der Waals surface area contributed by atoms with E-state index in [1.807, 2.05) is 35.2 Å². The summed E-state index contributed by atoms with van der Waals surface area (Å²) in [6.07, 6.45) is 1.48. The number of fused-ring (bicyclic) bond motifs is 1. The fraction of sp³-hybridized carbons (Fsp3) is 0.273. The van der Waals surface area contributed by atoms with Gasteiger partial charge in [0.25, 0.3) is 0 Å². The van der Waals surface area contributed by atoms with Crippen molar-refractivity contribution >= 4 is 38.6 Å². The van der Waals surface area contributed by atoms with E-state index in [-0.39, 0.29) is 11.8 Å². The minimum absolute atomic E-state index is 0.0719. The molecule has 1 saturated heterocycles. The van der Waals surface area contributed by atoms with Gasteiger partial charge in [0, 0.05) is 29.1 Å². The molecular weight excluding hydrogens is 402 g/mol. The van der Waals surface area contributed by atoms with Gasteiger partial charge >= 0.3 is 0 Å². The Hall–Kier alpha value is -2.40. The maximum absolute atomic E-state index is 12.7. The highest BCUT2D eigenvalue weighted by molar-refractivity contribution is 9.11. The van der Waals surface area contributed by atoms with E-state index in [9.17, 15) is 4.79 Å². The van der Waals surface area contributed by atoms with Gasteiger partial charge in [0.05, 0.1) is 17.6 Å². The zero-order valence-corrected chi connectivity index (χ0v) is 16.9. The summed E-state index contributed by atoms with van der Waals surface area (Å²) in [5.74, 6) is 1.18. The molecule has 3 aromatic rings. The van der Waals surface area contributed by atoms with Crippen LogP contribution in [0.4, 0.5) is 5.69 Å². The number of para-hydroxylation sites is 2. The molecule has 0 radical (unpaired) electrons. The molecule has 1 atom stereocenters.